The number of benzene rings is 1. The summed E-state index contributed by atoms with van der Waals surface area (Å²) in [5.74, 6) is -0.203. The molecular formula is C20H31N3O3S. The molecule has 1 aromatic carbocycles. The Morgan fingerprint density at radius 2 is 1.85 bits per heavy atom. The minimum absolute atomic E-state index is 0.203. The van der Waals surface area contributed by atoms with Crippen molar-refractivity contribution in [3.05, 3.63) is 29.8 Å². The van der Waals surface area contributed by atoms with E-state index in [9.17, 15) is 13.2 Å². The highest BCUT2D eigenvalue weighted by molar-refractivity contribution is 7.89. The molecule has 2 fully saturated rings. The van der Waals surface area contributed by atoms with Crippen LogP contribution in [0, 0.1) is 0 Å². The first kappa shape index (κ1) is 20.3. The Kier molecular flexibility index (Phi) is 6.89. The fourth-order valence-electron chi connectivity index (χ4n) is 4.08. The topological polar surface area (TPSA) is 69.7 Å². The molecule has 0 aliphatic carbocycles. The third-order valence-corrected chi connectivity index (χ3v) is 7.60. The standard InChI is InChI=1S/C20H31N3O3S/c1-2-22-12-8-10-18(22)16-21-20(24)17-9-7-11-19(15-17)27(25,26)23-13-5-3-4-6-14-23/h7,9,11,15,18H,2-6,8,10,12-14,16H2,1H3,(H,21,24). The SMILES string of the molecule is CCN1CCCC1CNC(=O)c1cccc(S(=O)(=O)N2CCCCCC2)c1. The van der Waals surface area contributed by atoms with E-state index in [0.29, 0.717) is 31.2 Å². The average molecular weight is 394 g/mol. The first-order valence-corrected chi connectivity index (χ1v) is 11.6. The van der Waals surface area contributed by atoms with E-state index in [4.69, 9.17) is 0 Å². The van der Waals surface area contributed by atoms with Gasteiger partial charge in [-0.1, -0.05) is 25.8 Å². The Bertz CT molecular complexity index is 743. The summed E-state index contributed by atoms with van der Waals surface area (Å²) in [4.78, 5) is 15.2. The maximum absolute atomic E-state index is 13.0. The zero-order valence-electron chi connectivity index (χ0n) is 16.2. The number of carbonyl (C=O) groups excluding carboxylic acids is 1. The van der Waals surface area contributed by atoms with Crippen molar-refractivity contribution >= 4 is 15.9 Å². The summed E-state index contributed by atoms with van der Waals surface area (Å²) in [7, 11) is -3.54. The van der Waals surface area contributed by atoms with Gasteiger partial charge in [0.15, 0.2) is 0 Å². The van der Waals surface area contributed by atoms with E-state index in [2.05, 4.69) is 17.1 Å². The lowest BCUT2D eigenvalue weighted by Crippen LogP contribution is -2.40. The highest BCUT2D eigenvalue weighted by Crippen LogP contribution is 2.21. The lowest BCUT2D eigenvalue weighted by molar-refractivity contribution is 0.0941. The van der Waals surface area contributed by atoms with Gasteiger partial charge in [-0.25, -0.2) is 8.42 Å². The molecule has 150 valence electrons. The Labute approximate surface area is 163 Å². The number of amides is 1. The summed E-state index contributed by atoms with van der Waals surface area (Å²) in [5, 5.41) is 2.98. The van der Waals surface area contributed by atoms with Crippen LogP contribution in [0.1, 0.15) is 55.8 Å². The van der Waals surface area contributed by atoms with Crippen molar-refractivity contribution in [3.8, 4) is 0 Å². The number of carbonyl (C=O) groups is 1. The van der Waals surface area contributed by atoms with E-state index in [0.717, 1.165) is 51.6 Å². The first-order chi connectivity index (χ1) is 13.0. The van der Waals surface area contributed by atoms with Crippen LogP contribution in [0.5, 0.6) is 0 Å². The minimum atomic E-state index is -3.54. The van der Waals surface area contributed by atoms with Gasteiger partial charge in [-0.2, -0.15) is 4.31 Å². The molecule has 0 bridgehead atoms. The van der Waals surface area contributed by atoms with Gasteiger partial charge >= 0.3 is 0 Å². The molecule has 3 rings (SSSR count). The predicted octanol–water partition coefficient (Wildman–Crippen LogP) is 2.47. The number of nitrogens with zero attached hydrogens (tertiary/aromatic N) is 2. The molecule has 2 aliphatic heterocycles. The van der Waals surface area contributed by atoms with Crippen LogP contribution < -0.4 is 5.32 Å². The molecule has 0 radical (unpaired) electrons. The van der Waals surface area contributed by atoms with E-state index in [1.165, 1.54) is 6.07 Å². The molecule has 1 amide bonds. The van der Waals surface area contributed by atoms with Crippen LogP contribution in [0.4, 0.5) is 0 Å². The Hall–Kier alpha value is -1.44. The second-order valence-electron chi connectivity index (χ2n) is 7.48. The van der Waals surface area contributed by atoms with Crippen molar-refractivity contribution in [2.75, 3.05) is 32.7 Å². The number of sulfonamides is 1. The maximum Gasteiger partial charge on any atom is 0.251 e. The van der Waals surface area contributed by atoms with E-state index in [1.807, 2.05) is 0 Å². The van der Waals surface area contributed by atoms with Crippen molar-refractivity contribution < 1.29 is 13.2 Å². The third-order valence-electron chi connectivity index (χ3n) is 5.70. The molecule has 1 N–H and O–H groups in total. The Morgan fingerprint density at radius 3 is 2.56 bits per heavy atom. The predicted molar refractivity (Wildman–Crippen MR) is 106 cm³/mol. The van der Waals surface area contributed by atoms with Crippen molar-refractivity contribution in [2.45, 2.75) is 56.4 Å². The van der Waals surface area contributed by atoms with Crippen LogP contribution in [0.3, 0.4) is 0 Å². The van der Waals surface area contributed by atoms with Gasteiger partial charge < -0.3 is 5.32 Å². The van der Waals surface area contributed by atoms with Crippen LogP contribution in [-0.4, -0.2) is 62.3 Å². The second-order valence-corrected chi connectivity index (χ2v) is 9.42. The number of likely N-dealkylation sites (N-methyl/N-ethyl adjacent to an activating group) is 1. The summed E-state index contributed by atoms with van der Waals surface area (Å²) < 4.78 is 27.5. The van der Waals surface area contributed by atoms with E-state index in [1.54, 1.807) is 22.5 Å². The maximum atomic E-state index is 13.0. The first-order valence-electron chi connectivity index (χ1n) is 10.1. The lowest BCUT2D eigenvalue weighted by atomic mass is 10.2. The van der Waals surface area contributed by atoms with Gasteiger partial charge in [0.2, 0.25) is 10.0 Å². The molecule has 7 heteroatoms. The number of hydrogen-bond acceptors (Lipinski definition) is 4. The molecule has 0 saturated carbocycles. The lowest BCUT2D eigenvalue weighted by Gasteiger charge is -2.23. The zero-order chi connectivity index (χ0) is 19.3. The average Bonchev–Trinajstić information content (AvgIpc) is 2.95. The fraction of sp³-hybridized carbons (Fsp3) is 0.650. The molecule has 2 aliphatic rings. The molecule has 1 unspecified atom stereocenters. The molecule has 27 heavy (non-hydrogen) atoms. The molecule has 0 aromatic heterocycles. The van der Waals surface area contributed by atoms with E-state index >= 15 is 0 Å². The molecule has 2 heterocycles. The van der Waals surface area contributed by atoms with Gasteiger partial charge in [0.05, 0.1) is 4.90 Å². The second kappa shape index (κ2) is 9.17. The molecule has 0 spiro atoms. The molecule has 2 saturated heterocycles. The highest BCUT2D eigenvalue weighted by atomic mass is 32.2. The summed E-state index contributed by atoms with van der Waals surface area (Å²) in [6.07, 6.45) is 6.20. The van der Waals surface area contributed by atoms with Gasteiger partial charge in [0, 0.05) is 31.2 Å². The number of hydrogen-bond donors (Lipinski definition) is 1. The summed E-state index contributed by atoms with van der Waals surface area (Å²) in [6.45, 7) is 5.94. The van der Waals surface area contributed by atoms with Crippen LogP contribution in [-0.2, 0) is 10.0 Å². The summed E-state index contributed by atoms with van der Waals surface area (Å²) in [6, 6.07) is 6.83. The molecule has 1 aromatic rings. The van der Waals surface area contributed by atoms with E-state index in [-0.39, 0.29) is 10.8 Å². The Morgan fingerprint density at radius 1 is 1.11 bits per heavy atom. The monoisotopic (exact) mass is 393 g/mol. The van der Waals surface area contributed by atoms with Crippen molar-refractivity contribution in [3.63, 3.8) is 0 Å². The van der Waals surface area contributed by atoms with Crippen LogP contribution >= 0.6 is 0 Å². The molecule has 6 nitrogen and oxygen atoms in total. The number of nitrogens with one attached hydrogen (secondary N) is 1. The highest BCUT2D eigenvalue weighted by Gasteiger charge is 2.26. The van der Waals surface area contributed by atoms with Crippen LogP contribution in [0.25, 0.3) is 0 Å². The summed E-state index contributed by atoms with van der Waals surface area (Å²) in [5.41, 5.74) is 0.409. The van der Waals surface area contributed by atoms with Crippen molar-refractivity contribution in [2.24, 2.45) is 0 Å². The molecular weight excluding hydrogens is 362 g/mol. The van der Waals surface area contributed by atoms with E-state index < -0.39 is 10.0 Å². The largest absolute Gasteiger partial charge is 0.350 e. The van der Waals surface area contributed by atoms with Crippen molar-refractivity contribution in [1.82, 2.24) is 14.5 Å². The van der Waals surface area contributed by atoms with Gasteiger partial charge in [-0.3, -0.25) is 9.69 Å². The van der Waals surface area contributed by atoms with Crippen LogP contribution in [0.2, 0.25) is 0 Å². The minimum Gasteiger partial charge on any atom is -0.350 e. The van der Waals surface area contributed by atoms with Gasteiger partial charge in [-0.05, 0) is 57.0 Å². The summed E-state index contributed by atoms with van der Waals surface area (Å²) >= 11 is 0. The fourth-order valence-corrected chi connectivity index (χ4v) is 5.65. The van der Waals surface area contributed by atoms with Gasteiger partial charge in [0.1, 0.15) is 0 Å². The third kappa shape index (κ3) is 4.89. The normalized spacial score (nSPS) is 22.5. The van der Waals surface area contributed by atoms with Gasteiger partial charge in [0.25, 0.3) is 5.91 Å². The number of likely N-dealkylation sites (tertiary alicyclic amines) is 1. The quantitative estimate of drug-likeness (QED) is 0.806. The smallest absolute Gasteiger partial charge is 0.251 e. The van der Waals surface area contributed by atoms with Crippen LogP contribution in [0.15, 0.2) is 29.2 Å². The van der Waals surface area contributed by atoms with Crippen molar-refractivity contribution in [1.29, 1.82) is 0 Å². The zero-order valence-corrected chi connectivity index (χ0v) is 17.0. The van der Waals surface area contributed by atoms with Gasteiger partial charge in [-0.15, -0.1) is 0 Å². The molecule has 1 atom stereocenters. The number of rotatable bonds is 6. The Balaban J connectivity index is 1.68.